The zero-order valence-electron chi connectivity index (χ0n) is 11.1. The van der Waals surface area contributed by atoms with Crippen molar-refractivity contribution in [2.45, 2.75) is 31.0 Å². The SMILES string of the molecule is CNS(=O)(=O)c1ccc(CNC(C)(C)COC)o1. The van der Waals surface area contributed by atoms with Crippen molar-refractivity contribution in [3.05, 3.63) is 17.9 Å². The number of ether oxygens (including phenoxy) is 1. The predicted octanol–water partition coefficient (Wildman–Crippen LogP) is 0.702. The lowest BCUT2D eigenvalue weighted by molar-refractivity contribution is 0.126. The molecule has 0 aromatic carbocycles. The highest BCUT2D eigenvalue weighted by Crippen LogP contribution is 2.14. The number of hydrogen-bond acceptors (Lipinski definition) is 5. The van der Waals surface area contributed by atoms with E-state index in [1.807, 2.05) is 13.8 Å². The second-order valence-electron chi connectivity index (χ2n) is 4.60. The van der Waals surface area contributed by atoms with E-state index in [-0.39, 0.29) is 10.6 Å². The van der Waals surface area contributed by atoms with Crippen LogP contribution in [0.3, 0.4) is 0 Å². The zero-order chi connectivity index (χ0) is 13.8. The molecule has 0 bridgehead atoms. The Morgan fingerprint density at radius 2 is 2.06 bits per heavy atom. The summed E-state index contributed by atoms with van der Waals surface area (Å²) >= 11 is 0. The van der Waals surface area contributed by atoms with Crippen molar-refractivity contribution in [3.63, 3.8) is 0 Å². The summed E-state index contributed by atoms with van der Waals surface area (Å²) in [4.78, 5) is 0. The molecule has 6 nitrogen and oxygen atoms in total. The molecule has 1 heterocycles. The van der Waals surface area contributed by atoms with Gasteiger partial charge in [0, 0.05) is 12.6 Å². The van der Waals surface area contributed by atoms with Crippen molar-refractivity contribution in [1.82, 2.24) is 10.0 Å². The summed E-state index contributed by atoms with van der Waals surface area (Å²) in [5, 5.41) is 3.15. The third-order valence-corrected chi connectivity index (χ3v) is 3.70. The Morgan fingerprint density at radius 1 is 1.39 bits per heavy atom. The standard InChI is InChI=1S/C11H20N2O4S/c1-11(2,8-16-4)13-7-9-5-6-10(17-9)18(14,15)12-3/h5-6,12-13H,7-8H2,1-4H3. The van der Waals surface area contributed by atoms with Gasteiger partial charge >= 0.3 is 0 Å². The lowest BCUT2D eigenvalue weighted by atomic mass is 10.1. The van der Waals surface area contributed by atoms with Crippen molar-refractivity contribution < 1.29 is 17.6 Å². The van der Waals surface area contributed by atoms with E-state index < -0.39 is 10.0 Å². The Bertz CT molecular complexity index is 479. The summed E-state index contributed by atoms with van der Waals surface area (Å²) < 4.78 is 35.5. The molecule has 104 valence electrons. The summed E-state index contributed by atoms with van der Waals surface area (Å²) in [5.74, 6) is 0.563. The number of rotatable bonds is 7. The first-order chi connectivity index (χ1) is 8.30. The maximum Gasteiger partial charge on any atom is 0.273 e. The van der Waals surface area contributed by atoms with Crippen molar-refractivity contribution >= 4 is 10.0 Å². The molecular formula is C11H20N2O4S. The monoisotopic (exact) mass is 276 g/mol. The second kappa shape index (κ2) is 5.83. The number of nitrogens with one attached hydrogen (secondary N) is 2. The molecule has 1 aromatic rings. The fraction of sp³-hybridized carbons (Fsp3) is 0.636. The number of furan rings is 1. The van der Waals surface area contributed by atoms with Gasteiger partial charge < -0.3 is 14.5 Å². The smallest absolute Gasteiger partial charge is 0.273 e. The number of sulfonamides is 1. The van der Waals surface area contributed by atoms with E-state index >= 15 is 0 Å². The van der Waals surface area contributed by atoms with Crippen LogP contribution in [0.25, 0.3) is 0 Å². The minimum Gasteiger partial charge on any atom is -0.447 e. The predicted molar refractivity (Wildman–Crippen MR) is 67.7 cm³/mol. The topological polar surface area (TPSA) is 80.6 Å². The molecule has 7 heteroatoms. The van der Waals surface area contributed by atoms with E-state index in [4.69, 9.17) is 9.15 Å². The van der Waals surface area contributed by atoms with Crippen LogP contribution in [0.15, 0.2) is 21.6 Å². The van der Waals surface area contributed by atoms with Gasteiger partial charge in [-0.2, -0.15) is 0 Å². The van der Waals surface area contributed by atoms with Gasteiger partial charge in [-0.05, 0) is 33.0 Å². The maximum absolute atomic E-state index is 11.5. The molecule has 0 atom stereocenters. The second-order valence-corrected chi connectivity index (χ2v) is 6.42. The summed E-state index contributed by atoms with van der Waals surface area (Å²) in [6.45, 7) is 4.97. The molecule has 0 aliphatic heterocycles. The Balaban J connectivity index is 2.66. The first-order valence-corrected chi connectivity index (χ1v) is 7.05. The highest BCUT2D eigenvalue weighted by Gasteiger charge is 2.19. The molecule has 0 aliphatic carbocycles. The average molecular weight is 276 g/mol. The van der Waals surface area contributed by atoms with Gasteiger partial charge in [0.05, 0.1) is 13.2 Å². The van der Waals surface area contributed by atoms with Gasteiger partial charge in [0.25, 0.3) is 10.0 Å². The first-order valence-electron chi connectivity index (χ1n) is 5.57. The molecule has 0 spiro atoms. The van der Waals surface area contributed by atoms with E-state index in [0.29, 0.717) is 18.9 Å². The minimum absolute atomic E-state index is 0.0775. The summed E-state index contributed by atoms with van der Waals surface area (Å²) in [6, 6.07) is 3.08. The van der Waals surface area contributed by atoms with Crippen LogP contribution in [0.5, 0.6) is 0 Å². The van der Waals surface area contributed by atoms with Gasteiger partial charge in [0.2, 0.25) is 5.09 Å². The fourth-order valence-corrected chi connectivity index (χ4v) is 2.10. The van der Waals surface area contributed by atoms with Crippen LogP contribution in [-0.2, 0) is 21.3 Å². The molecule has 0 saturated carbocycles. The molecular weight excluding hydrogens is 256 g/mol. The number of methoxy groups -OCH3 is 1. The highest BCUT2D eigenvalue weighted by atomic mass is 32.2. The van der Waals surface area contributed by atoms with Crippen LogP contribution in [0, 0.1) is 0 Å². The van der Waals surface area contributed by atoms with Gasteiger partial charge in [-0.25, -0.2) is 13.1 Å². The molecule has 0 fully saturated rings. The van der Waals surface area contributed by atoms with Gasteiger partial charge in [0.1, 0.15) is 5.76 Å². The molecule has 2 N–H and O–H groups in total. The van der Waals surface area contributed by atoms with Crippen molar-refractivity contribution in [2.75, 3.05) is 20.8 Å². The van der Waals surface area contributed by atoms with E-state index in [0.717, 1.165) is 0 Å². The Hall–Kier alpha value is -0.890. The van der Waals surface area contributed by atoms with E-state index in [1.165, 1.54) is 13.1 Å². The zero-order valence-corrected chi connectivity index (χ0v) is 11.9. The van der Waals surface area contributed by atoms with Gasteiger partial charge in [0.15, 0.2) is 0 Å². The van der Waals surface area contributed by atoms with Crippen molar-refractivity contribution in [3.8, 4) is 0 Å². The van der Waals surface area contributed by atoms with Gasteiger partial charge in [-0.15, -0.1) is 0 Å². The third-order valence-electron chi connectivity index (χ3n) is 2.42. The minimum atomic E-state index is -3.51. The first kappa shape index (κ1) is 15.2. The molecule has 0 unspecified atom stereocenters. The lowest BCUT2D eigenvalue weighted by Crippen LogP contribution is -2.42. The van der Waals surface area contributed by atoms with E-state index in [9.17, 15) is 8.42 Å². The van der Waals surface area contributed by atoms with Crippen molar-refractivity contribution in [1.29, 1.82) is 0 Å². The van der Waals surface area contributed by atoms with E-state index in [1.54, 1.807) is 13.2 Å². The van der Waals surface area contributed by atoms with Crippen molar-refractivity contribution in [2.24, 2.45) is 0 Å². The fourth-order valence-electron chi connectivity index (χ4n) is 1.44. The molecule has 0 saturated heterocycles. The quantitative estimate of drug-likeness (QED) is 0.766. The van der Waals surface area contributed by atoms with E-state index in [2.05, 4.69) is 10.0 Å². The maximum atomic E-state index is 11.5. The van der Waals surface area contributed by atoms with Crippen LogP contribution in [0.1, 0.15) is 19.6 Å². The molecule has 0 aliphatic rings. The summed E-state index contributed by atoms with van der Waals surface area (Å²) in [7, 11) is -0.533. The Kier molecular flexibility index (Phi) is 4.92. The average Bonchev–Trinajstić information content (AvgIpc) is 2.76. The third kappa shape index (κ3) is 4.09. The van der Waals surface area contributed by atoms with Crippen LogP contribution >= 0.6 is 0 Å². The van der Waals surface area contributed by atoms with Crippen LogP contribution in [-0.4, -0.2) is 34.7 Å². The Labute approximate surface area is 108 Å². The molecule has 18 heavy (non-hydrogen) atoms. The molecule has 1 rings (SSSR count). The summed E-state index contributed by atoms with van der Waals surface area (Å²) in [6.07, 6.45) is 0. The Morgan fingerprint density at radius 3 is 2.61 bits per heavy atom. The lowest BCUT2D eigenvalue weighted by Gasteiger charge is -2.24. The molecule has 1 aromatic heterocycles. The van der Waals surface area contributed by atoms with Gasteiger partial charge in [-0.1, -0.05) is 0 Å². The summed E-state index contributed by atoms with van der Waals surface area (Å²) in [5.41, 5.74) is -0.205. The van der Waals surface area contributed by atoms with Crippen LogP contribution in [0.4, 0.5) is 0 Å². The molecule has 0 radical (unpaired) electrons. The normalized spacial score (nSPS) is 12.9. The molecule has 0 amide bonds. The van der Waals surface area contributed by atoms with Crippen LogP contribution < -0.4 is 10.0 Å². The largest absolute Gasteiger partial charge is 0.447 e. The highest BCUT2D eigenvalue weighted by molar-refractivity contribution is 7.89. The number of hydrogen-bond donors (Lipinski definition) is 2. The van der Waals surface area contributed by atoms with Gasteiger partial charge in [-0.3, -0.25) is 0 Å². The van der Waals surface area contributed by atoms with Crippen LogP contribution in [0.2, 0.25) is 0 Å².